The maximum absolute atomic E-state index is 5.51. The Balaban J connectivity index is 1.45. The van der Waals surface area contributed by atoms with Crippen LogP contribution in [0.2, 0.25) is 0 Å². The lowest BCUT2D eigenvalue weighted by molar-refractivity contribution is 0.166. The van der Waals surface area contributed by atoms with Gasteiger partial charge in [0.25, 0.3) is 0 Å². The molecule has 2 saturated heterocycles. The molecular weight excluding hydrogens is 260 g/mol. The Morgan fingerprint density at radius 1 is 1.24 bits per heavy atom. The molecule has 2 heterocycles. The van der Waals surface area contributed by atoms with E-state index in [1.54, 1.807) is 6.08 Å². The van der Waals surface area contributed by atoms with E-state index in [9.17, 15) is 0 Å². The number of nitrogens with one attached hydrogen (secondary N) is 1. The summed E-state index contributed by atoms with van der Waals surface area (Å²) in [6.45, 7) is 7.78. The van der Waals surface area contributed by atoms with Gasteiger partial charge >= 0.3 is 0 Å². The van der Waals surface area contributed by atoms with Gasteiger partial charge in [-0.05, 0) is 56.5 Å². The van der Waals surface area contributed by atoms with Gasteiger partial charge in [0, 0.05) is 18.6 Å². The maximum Gasteiger partial charge on any atom is 0.119 e. The van der Waals surface area contributed by atoms with Gasteiger partial charge in [-0.3, -0.25) is 0 Å². The van der Waals surface area contributed by atoms with Crippen molar-refractivity contribution < 1.29 is 4.74 Å². The van der Waals surface area contributed by atoms with Crippen LogP contribution in [0.4, 0.5) is 0 Å². The second-order valence-corrected chi connectivity index (χ2v) is 6.18. The van der Waals surface area contributed by atoms with E-state index in [0.717, 1.165) is 18.3 Å². The quantitative estimate of drug-likeness (QED) is 0.814. The first-order chi connectivity index (χ1) is 10.3. The van der Waals surface area contributed by atoms with Crippen LogP contribution in [-0.4, -0.2) is 36.7 Å². The fourth-order valence-electron chi connectivity index (χ4n) is 3.53. The van der Waals surface area contributed by atoms with E-state index in [-0.39, 0.29) is 0 Å². The fourth-order valence-corrected chi connectivity index (χ4v) is 3.53. The number of piperidine rings is 1. The van der Waals surface area contributed by atoms with E-state index >= 15 is 0 Å². The zero-order valence-electron chi connectivity index (χ0n) is 12.8. The normalized spacial score (nSPS) is 25.5. The summed E-state index contributed by atoms with van der Waals surface area (Å²) >= 11 is 0. The van der Waals surface area contributed by atoms with Gasteiger partial charge in [0.15, 0.2) is 0 Å². The molecule has 3 nitrogen and oxygen atoms in total. The van der Waals surface area contributed by atoms with Crippen molar-refractivity contribution in [3.05, 3.63) is 42.5 Å². The van der Waals surface area contributed by atoms with Crippen LogP contribution in [0, 0.1) is 0 Å². The van der Waals surface area contributed by atoms with Crippen LogP contribution in [0.25, 0.3) is 0 Å². The predicted octanol–water partition coefficient (Wildman–Crippen LogP) is 2.97. The molecule has 2 aliphatic rings. The second-order valence-electron chi connectivity index (χ2n) is 6.18. The van der Waals surface area contributed by atoms with Gasteiger partial charge < -0.3 is 15.0 Å². The lowest BCUT2D eigenvalue weighted by atomic mass is 9.97. The molecule has 2 fully saturated rings. The molecule has 0 aliphatic carbocycles. The maximum atomic E-state index is 5.51. The van der Waals surface area contributed by atoms with Crippen molar-refractivity contribution >= 4 is 0 Å². The van der Waals surface area contributed by atoms with Crippen LogP contribution in [0.15, 0.2) is 36.9 Å². The van der Waals surface area contributed by atoms with Gasteiger partial charge in [-0.2, -0.15) is 0 Å². The van der Waals surface area contributed by atoms with E-state index in [4.69, 9.17) is 4.74 Å². The molecule has 2 atom stereocenters. The molecule has 1 N–H and O–H groups in total. The number of hydrogen-bond acceptors (Lipinski definition) is 3. The van der Waals surface area contributed by atoms with E-state index in [1.807, 2.05) is 12.1 Å². The van der Waals surface area contributed by atoms with Crippen molar-refractivity contribution in [3.8, 4) is 5.75 Å². The molecule has 21 heavy (non-hydrogen) atoms. The SMILES string of the molecule is C=CCOc1ccc(CNC2CCN3CCCC3C2)cc1. The van der Waals surface area contributed by atoms with E-state index in [2.05, 4.69) is 28.9 Å². The lowest BCUT2D eigenvalue weighted by Gasteiger charge is -2.35. The molecule has 0 bridgehead atoms. The number of rotatable bonds is 6. The summed E-state index contributed by atoms with van der Waals surface area (Å²) in [5.41, 5.74) is 1.33. The topological polar surface area (TPSA) is 24.5 Å². The summed E-state index contributed by atoms with van der Waals surface area (Å²) in [7, 11) is 0. The first-order valence-electron chi connectivity index (χ1n) is 8.15. The molecule has 0 saturated carbocycles. The summed E-state index contributed by atoms with van der Waals surface area (Å²) in [5.74, 6) is 0.915. The highest BCUT2D eigenvalue weighted by Crippen LogP contribution is 2.27. The van der Waals surface area contributed by atoms with Crippen molar-refractivity contribution in [1.82, 2.24) is 10.2 Å². The van der Waals surface area contributed by atoms with Crippen molar-refractivity contribution in [2.24, 2.45) is 0 Å². The monoisotopic (exact) mass is 286 g/mol. The molecule has 0 aromatic heterocycles. The Bertz CT molecular complexity index is 457. The third-order valence-corrected chi connectivity index (χ3v) is 4.71. The number of nitrogens with zero attached hydrogens (tertiary/aromatic N) is 1. The Labute approximate surface area is 128 Å². The minimum Gasteiger partial charge on any atom is -0.490 e. The van der Waals surface area contributed by atoms with E-state index in [1.165, 1.54) is 44.3 Å². The van der Waals surface area contributed by atoms with Gasteiger partial charge in [0.1, 0.15) is 12.4 Å². The Hall–Kier alpha value is -1.32. The number of benzene rings is 1. The average molecular weight is 286 g/mol. The highest BCUT2D eigenvalue weighted by atomic mass is 16.5. The van der Waals surface area contributed by atoms with Crippen LogP contribution in [0.5, 0.6) is 5.75 Å². The van der Waals surface area contributed by atoms with Crippen LogP contribution in [0.3, 0.4) is 0 Å². The number of fused-ring (bicyclic) bond motifs is 1. The number of ether oxygens (including phenoxy) is 1. The summed E-state index contributed by atoms with van der Waals surface area (Å²) in [6, 6.07) is 9.90. The van der Waals surface area contributed by atoms with Gasteiger partial charge in [0.05, 0.1) is 0 Å². The fraction of sp³-hybridized carbons (Fsp3) is 0.556. The summed E-state index contributed by atoms with van der Waals surface area (Å²) in [5, 5.41) is 3.73. The van der Waals surface area contributed by atoms with E-state index < -0.39 is 0 Å². The zero-order valence-corrected chi connectivity index (χ0v) is 12.8. The van der Waals surface area contributed by atoms with Crippen LogP contribution < -0.4 is 10.1 Å². The van der Waals surface area contributed by atoms with Crippen molar-refractivity contribution in [3.63, 3.8) is 0 Å². The Kier molecular flexibility index (Phi) is 4.94. The molecule has 114 valence electrons. The molecule has 1 aromatic rings. The molecule has 3 heteroatoms. The van der Waals surface area contributed by atoms with Crippen molar-refractivity contribution in [1.29, 1.82) is 0 Å². The molecule has 2 unspecified atom stereocenters. The summed E-state index contributed by atoms with van der Waals surface area (Å²) in [6.07, 6.45) is 7.17. The van der Waals surface area contributed by atoms with Crippen LogP contribution in [-0.2, 0) is 6.54 Å². The lowest BCUT2D eigenvalue weighted by Crippen LogP contribution is -2.45. The van der Waals surface area contributed by atoms with Crippen LogP contribution >= 0.6 is 0 Å². The standard InChI is InChI=1S/C18H26N2O/c1-2-12-21-18-7-5-15(6-8-18)14-19-16-9-11-20-10-3-4-17(20)13-16/h2,5-8,16-17,19H,1,3-4,9-14H2. The first-order valence-corrected chi connectivity index (χ1v) is 8.15. The minimum atomic E-state index is 0.567. The second kappa shape index (κ2) is 7.10. The zero-order chi connectivity index (χ0) is 14.5. The predicted molar refractivity (Wildman–Crippen MR) is 86.6 cm³/mol. The first kappa shape index (κ1) is 14.6. The van der Waals surface area contributed by atoms with Gasteiger partial charge in [-0.1, -0.05) is 24.8 Å². The van der Waals surface area contributed by atoms with Crippen molar-refractivity contribution in [2.75, 3.05) is 19.7 Å². The summed E-state index contributed by atoms with van der Waals surface area (Å²) in [4.78, 5) is 2.67. The average Bonchev–Trinajstić information content (AvgIpc) is 2.99. The molecule has 0 radical (unpaired) electrons. The smallest absolute Gasteiger partial charge is 0.119 e. The highest BCUT2D eigenvalue weighted by molar-refractivity contribution is 5.27. The van der Waals surface area contributed by atoms with E-state index in [0.29, 0.717) is 12.6 Å². The van der Waals surface area contributed by atoms with Crippen molar-refractivity contribution in [2.45, 2.75) is 44.3 Å². The summed E-state index contributed by atoms with van der Waals surface area (Å²) < 4.78 is 5.51. The molecule has 0 spiro atoms. The Morgan fingerprint density at radius 3 is 2.90 bits per heavy atom. The molecule has 1 aromatic carbocycles. The van der Waals surface area contributed by atoms with Gasteiger partial charge in [-0.15, -0.1) is 0 Å². The highest BCUT2D eigenvalue weighted by Gasteiger charge is 2.31. The molecular formula is C18H26N2O. The third kappa shape index (κ3) is 3.86. The number of hydrogen-bond donors (Lipinski definition) is 1. The van der Waals surface area contributed by atoms with Gasteiger partial charge in [-0.25, -0.2) is 0 Å². The Morgan fingerprint density at radius 2 is 2.10 bits per heavy atom. The van der Waals surface area contributed by atoms with Crippen LogP contribution in [0.1, 0.15) is 31.2 Å². The molecule has 2 aliphatic heterocycles. The third-order valence-electron chi connectivity index (χ3n) is 4.71. The molecule has 0 amide bonds. The van der Waals surface area contributed by atoms with Gasteiger partial charge in [0.2, 0.25) is 0 Å². The minimum absolute atomic E-state index is 0.567. The largest absolute Gasteiger partial charge is 0.490 e. The molecule has 3 rings (SSSR count).